The van der Waals surface area contributed by atoms with Crippen LogP contribution in [0.2, 0.25) is 0 Å². The largest absolute Gasteiger partial charge is 0.494 e. The molecule has 0 N–H and O–H groups in total. The number of nitrogens with zero attached hydrogens (tertiary/aromatic N) is 4. The van der Waals surface area contributed by atoms with Crippen LogP contribution in [0.4, 0.5) is 0 Å². The smallest absolute Gasteiger partial charge is 0.241 e. The Balaban J connectivity index is 1.12. The summed E-state index contributed by atoms with van der Waals surface area (Å²) >= 11 is 0. The van der Waals surface area contributed by atoms with Crippen LogP contribution in [0.15, 0.2) is 47.0 Å². The molecule has 0 unspecified atom stereocenters. The van der Waals surface area contributed by atoms with E-state index in [1.54, 1.807) is 0 Å². The molecule has 0 radical (unpaired) electrons. The monoisotopic (exact) mass is 420 g/mol. The van der Waals surface area contributed by atoms with Gasteiger partial charge in [0.1, 0.15) is 11.5 Å². The molecule has 1 aromatic heterocycles. The van der Waals surface area contributed by atoms with Crippen LogP contribution in [-0.4, -0.2) is 59.3 Å². The van der Waals surface area contributed by atoms with Crippen LogP contribution in [-0.2, 0) is 19.5 Å². The van der Waals surface area contributed by atoms with E-state index in [1.165, 1.54) is 11.1 Å². The minimum atomic E-state index is 0.622. The molecule has 1 fully saturated rings. The van der Waals surface area contributed by atoms with Crippen LogP contribution in [0.1, 0.15) is 23.9 Å². The summed E-state index contributed by atoms with van der Waals surface area (Å²) in [5, 5.41) is 4.15. The molecule has 0 atom stereocenters. The van der Waals surface area contributed by atoms with E-state index >= 15 is 0 Å². The highest BCUT2D eigenvalue weighted by molar-refractivity contribution is 5.55. The van der Waals surface area contributed by atoms with Crippen LogP contribution in [0.25, 0.3) is 11.4 Å². The molecule has 162 valence electrons. The van der Waals surface area contributed by atoms with Gasteiger partial charge in [-0.05, 0) is 48.4 Å². The molecule has 0 bridgehead atoms. The first-order valence-electron chi connectivity index (χ1n) is 11.0. The fraction of sp³-hybridized carbons (Fsp3) is 0.417. The van der Waals surface area contributed by atoms with Crippen molar-refractivity contribution in [2.75, 3.05) is 39.4 Å². The van der Waals surface area contributed by atoms with Gasteiger partial charge >= 0.3 is 0 Å². The van der Waals surface area contributed by atoms with Crippen molar-refractivity contribution in [3.05, 3.63) is 59.5 Å². The van der Waals surface area contributed by atoms with Crippen molar-refractivity contribution >= 4 is 0 Å². The number of benzene rings is 2. The van der Waals surface area contributed by atoms with E-state index in [4.69, 9.17) is 14.0 Å². The molecule has 5 rings (SSSR count). The molecular weight excluding hydrogens is 392 g/mol. The van der Waals surface area contributed by atoms with E-state index in [-0.39, 0.29) is 0 Å². The Morgan fingerprint density at radius 1 is 0.968 bits per heavy atom. The Morgan fingerprint density at radius 2 is 1.74 bits per heavy atom. The fourth-order valence-electron chi connectivity index (χ4n) is 4.20. The molecule has 2 aliphatic rings. The molecule has 3 heterocycles. The average Bonchev–Trinajstić information content (AvgIpc) is 3.45. The molecule has 31 heavy (non-hydrogen) atoms. The summed E-state index contributed by atoms with van der Waals surface area (Å²) in [6, 6.07) is 14.4. The third kappa shape index (κ3) is 4.73. The highest BCUT2D eigenvalue weighted by atomic mass is 16.5. The number of hydrogen-bond donors (Lipinski definition) is 0. The van der Waals surface area contributed by atoms with Crippen molar-refractivity contribution in [3.63, 3.8) is 0 Å². The van der Waals surface area contributed by atoms with Crippen molar-refractivity contribution in [2.45, 2.75) is 26.4 Å². The van der Waals surface area contributed by atoms with Gasteiger partial charge in [-0.1, -0.05) is 17.3 Å². The van der Waals surface area contributed by atoms with Gasteiger partial charge in [0.2, 0.25) is 11.7 Å². The number of rotatable bonds is 7. The quantitative estimate of drug-likeness (QED) is 0.581. The van der Waals surface area contributed by atoms with Gasteiger partial charge in [0.25, 0.3) is 0 Å². The number of piperazine rings is 1. The van der Waals surface area contributed by atoms with Crippen LogP contribution < -0.4 is 9.47 Å². The Labute approximate surface area is 182 Å². The van der Waals surface area contributed by atoms with Gasteiger partial charge in [-0.2, -0.15) is 4.98 Å². The van der Waals surface area contributed by atoms with E-state index in [0.717, 1.165) is 62.8 Å². The zero-order chi connectivity index (χ0) is 21.0. The van der Waals surface area contributed by atoms with Crippen molar-refractivity contribution in [3.8, 4) is 22.9 Å². The minimum Gasteiger partial charge on any atom is -0.494 e. The Hall–Kier alpha value is -2.90. The molecular formula is C24H28N4O3. The average molecular weight is 421 g/mol. The summed E-state index contributed by atoms with van der Waals surface area (Å²) in [6.45, 7) is 9.18. The summed E-state index contributed by atoms with van der Waals surface area (Å²) in [6.07, 6.45) is 1.03. The lowest BCUT2D eigenvalue weighted by Crippen LogP contribution is -2.45. The second-order valence-electron chi connectivity index (χ2n) is 8.06. The summed E-state index contributed by atoms with van der Waals surface area (Å²) in [5.74, 6) is 3.19. The Kier molecular flexibility index (Phi) is 5.86. The predicted molar refractivity (Wildman–Crippen MR) is 117 cm³/mol. The number of fused-ring (bicyclic) bond motifs is 1. The lowest BCUT2D eigenvalue weighted by molar-refractivity contribution is 0.112. The first-order chi connectivity index (χ1) is 15.3. The van der Waals surface area contributed by atoms with Gasteiger partial charge in [0.05, 0.1) is 19.8 Å². The topological polar surface area (TPSA) is 63.9 Å². The van der Waals surface area contributed by atoms with E-state index in [2.05, 4.69) is 38.1 Å². The zero-order valence-electron chi connectivity index (χ0n) is 17.9. The van der Waals surface area contributed by atoms with Crippen molar-refractivity contribution in [1.82, 2.24) is 19.9 Å². The second kappa shape index (κ2) is 9.08. The molecule has 1 saturated heterocycles. The highest BCUT2D eigenvalue weighted by Gasteiger charge is 2.20. The third-order valence-corrected chi connectivity index (χ3v) is 5.88. The second-order valence-corrected chi connectivity index (χ2v) is 8.06. The molecule has 3 aromatic rings. The molecule has 7 heteroatoms. The summed E-state index contributed by atoms with van der Waals surface area (Å²) < 4.78 is 16.6. The van der Waals surface area contributed by atoms with Gasteiger partial charge in [0, 0.05) is 44.7 Å². The van der Waals surface area contributed by atoms with Crippen LogP contribution >= 0.6 is 0 Å². The fourth-order valence-corrected chi connectivity index (χ4v) is 4.20. The standard InChI is InChI=1S/C24H28N4O3/c1-2-29-21-6-4-19(5-7-21)24-25-23(31-26-24)17-28-12-10-27(11-13-28)16-18-3-8-22-20(15-18)9-14-30-22/h3-8,15H,2,9-14,16-17H2,1H3. The van der Waals surface area contributed by atoms with Crippen LogP contribution in [0, 0.1) is 0 Å². The van der Waals surface area contributed by atoms with Crippen LogP contribution in [0.3, 0.4) is 0 Å². The maximum atomic E-state index is 5.61. The maximum Gasteiger partial charge on any atom is 0.241 e. The summed E-state index contributed by atoms with van der Waals surface area (Å²) in [5.41, 5.74) is 3.65. The summed E-state index contributed by atoms with van der Waals surface area (Å²) in [7, 11) is 0. The number of hydrogen-bond acceptors (Lipinski definition) is 7. The van der Waals surface area contributed by atoms with Gasteiger partial charge in [0.15, 0.2) is 0 Å². The molecule has 7 nitrogen and oxygen atoms in total. The van der Waals surface area contributed by atoms with Crippen molar-refractivity contribution < 1.29 is 14.0 Å². The van der Waals surface area contributed by atoms with E-state index in [0.29, 0.717) is 24.9 Å². The predicted octanol–water partition coefficient (Wildman–Crippen LogP) is 3.39. The molecule has 0 aliphatic carbocycles. The molecule has 2 aliphatic heterocycles. The normalized spacial score (nSPS) is 16.8. The van der Waals surface area contributed by atoms with E-state index in [9.17, 15) is 0 Å². The third-order valence-electron chi connectivity index (χ3n) is 5.88. The maximum absolute atomic E-state index is 5.61. The molecule has 0 amide bonds. The molecule has 0 spiro atoms. The van der Waals surface area contributed by atoms with Gasteiger partial charge in [-0.15, -0.1) is 0 Å². The molecule has 2 aromatic carbocycles. The SMILES string of the molecule is CCOc1ccc(-c2noc(CN3CCN(Cc4ccc5c(c4)CCO5)CC3)n2)cc1. The van der Waals surface area contributed by atoms with Gasteiger partial charge < -0.3 is 14.0 Å². The van der Waals surface area contributed by atoms with Gasteiger partial charge in [-0.25, -0.2) is 0 Å². The number of ether oxygens (including phenoxy) is 2. The van der Waals surface area contributed by atoms with E-state index < -0.39 is 0 Å². The lowest BCUT2D eigenvalue weighted by atomic mass is 10.1. The Bertz CT molecular complexity index is 1010. The number of aromatic nitrogens is 2. The minimum absolute atomic E-state index is 0.622. The van der Waals surface area contributed by atoms with E-state index in [1.807, 2.05) is 31.2 Å². The first kappa shape index (κ1) is 20.0. The zero-order valence-corrected chi connectivity index (χ0v) is 17.9. The van der Waals surface area contributed by atoms with Crippen molar-refractivity contribution in [2.24, 2.45) is 0 Å². The Morgan fingerprint density at radius 3 is 2.52 bits per heavy atom. The van der Waals surface area contributed by atoms with Crippen molar-refractivity contribution in [1.29, 1.82) is 0 Å². The highest BCUT2D eigenvalue weighted by Crippen LogP contribution is 2.26. The summed E-state index contributed by atoms with van der Waals surface area (Å²) in [4.78, 5) is 9.47. The lowest BCUT2D eigenvalue weighted by Gasteiger charge is -2.34. The first-order valence-corrected chi connectivity index (χ1v) is 11.0. The van der Waals surface area contributed by atoms with Crippen LogP contribution in [0.5, 0.6) is 11.5 Å². The van der Waals surface area contributed by atoms with Gasteiger partial charge in [-0.3, -0.25) is 9.80 Å². The molecule has 0 saturated carbocycles.